The van der Waals surface area contributed by atoms with Crippen LogP contribution in [-0.2, 0) is 13.0 Å². The summed E-state index contributed by atoms with van der Waals surface area (Å²) in [4.78, 5) is 17.4. The minimum Gasteiger partial charge on any atom is -0.347 e. The Kier molecular flexibility index (Phi) is 3.75. The van der Waals surface area contributed by atoms with E-state index in [4.69, 9.17) is 0 Å². The highest BCUT2D eigenvalue weighted by Gasteiger charge is 2.24. The average molecular weight is 335 g/mol. The summed E-state index contributed by atoms with van der Waals surface area (Å²) in [7, 11) is 0. The van der Waals surface area contributed by atoms with Crippen molar-refractivity contribution >= 4 is 16.8 Å². The van der Waals surface area contributed by atoms with Gasteiger partial charge in [0.05, 0.1) is 16.8 Å². The minimum atomic E-state index is -0.0624. The van der Waals surface area contributed by atoms with E-state index in [2.05, 4.69) is 31.1 Å². The van der Waals surface area contributed by atoms with E-state index < -0.39 is 0 Å². The summed E-state index contributed by atoms with van der Waals surface area (Å²) in [6.45, 7) is 6.59. The second-order valence-electron chi connectivity index (χ2n) is 6.80. The lowest BCUT2D eigenvalue weighted by atomic mass is 10.0. The number of nitrogens with one attached hydrogen (secondary N) is 1. The molecule has 0 bridgehead atoms. The number of hydrogen-bond acceptors (Lipinski definition) is 4. The number of rotatable bonds is 2. The van der Waals surface area contributed by atoms with Crippen LogP contribution in [0.2, 0.25) is 0 Å². The number of carbonyl (C=O) groups is 1. The van der Waals surface area contributed by atoms with Crippen molar-refractivity contribution in [2.24, 2.45) is 0 Å². The van der Waals surface area contributed by atoms with E-state index in [1.807, 2.05) is 39.0 Å². The van der Waals surface area contributed by atoms with Crippen LogP contribution in [0.1, 0.15) is 39.7 Å². The van der Waals surface area contributed by atoms with Crippen LogP contribution < -0.4 is 5.32 Å². The first-order valence-corrected chi connectivity index (χ1v) is 8.59. The number of amides is 1. The van der Waals surface area contributed by atoms with Crippen molar-refractivity contribution in [1.29, 1.82) is 0 Å². The molecule has 0 saturated carbocycles. The van der Waals surface area contributed by atoms with E-state index in [9.17, 15) is 4.79 Å². The molecule has 0 aliphatic carbocycles. The molecule has 1 atom stereocenters. The number of pyridine rings is 1. The molecular weight excluding hydrogens is 314 g/mol. The van der Waals surface area contributed by atoms with Crippen LogP contribution in [0.25, 0.3) is 10.9 Å². The molecule has 1 amide bonds. The number of aromatic nitrogens is 4. The van der Waals surface area contributed by atoms with Crippen molar-refractivity contribution in [3.8, 4) is 0 Å². The van der Waals surface area contributed by atoms with Crippen LogP contribution in [0, 0.1) is 20.8 Å². The van der Waals surface area contributed by atoms with Gasteiger partial charge in [0.2, 0.25) is 0 Å². The third-order valence-electron chi connectivity index (χ3n) is 4.87. The van der Waals surface area contributed by atoms with Crippen LogP contribution in [0.4, 0.5) is 0 Å². The molecular formula is C19H21N5O. The molecule has 0 radical (unpaired) electrons. The van der Waals surface area contributed by atoms with Gasteiger partial charge in [-0.05, 0) is 45.4 Å². The van der Waals surface area contributed by atoms with Gasteiger partial charge in [0, 0.05) is 24.4 Å². The lowest BCUT2D eigenvalue weighted by molar-refractivity contribution is 0.0926. The van der Waals surface area contributed by atoms with Gasteiger partial charge < -0.3 is 9.88 Å². The van der Waals surface area contributed by atoms with Gasteiger partial charge in [-0.15, -0.1) is 10.2 Å². The Balaban J connectivity index is 1.58. The fourth-order valence-corrected chi connectivity index (χ4v) is 3.47. The topological polar surface area (TPSA) is 72.7 Å². The van der Waals surface area contributed by atoms with Gasteiger partial charge in [-0.25, -0.2) is 0 Å². The predicted molar refractivity (Wildman–Crippen MR) is 95.6 cm³/mol. The zero-order chi connectivity index (χ0) is 17.6. The molecule has 1 aliphatic heterocycles. The number of aryl methyl sites for hydroxylation is 4. The summed E-state index contributed by atoms with van der Waals surface area (Å²) in [5.41, 5.74) is 3.48. The molecule has 3 heterocycles. The van der Waals surface area contributed by atoms with Crippen molar-refractivity contribution in [3.63, 3.8) is 0 Å². The molecule has 4 rings (SSSR count). The SMILES string of the molecule is Cc1ccc2nc(C)c(C(=O)N[C@@H]3CCc4nnc(C)n4C3)cc2c1. The fraction of sp³-hybridized carbons (Fsp3) is 0.368. The fourth-order valence-electron chi connectivity index (χ4n) is 3.47. The second-order valence-corrected chi connectivity index (χ2v) is 6.80. The maximum atomic E-state index is 12.8. The Labute approximate surface area is 146 Å². The molecule has 2 aromatic heterocycles. The standard InChI is InChI=1S/C19H21N5O/c1-11-4-6-17-14(8-11)9-16(12(2)20-17)19(25)21-15-5-7-18-23-22-13(3)24(18)10-15/h4,6,8-9,15H,5,7,10H2,1-3H3,(H,21,25)/t15-/m1/s1. The van der Waals surface area contributed by atoms with E-state index in [1.54, 1.807) is 0 Å². The quantitative estimate of drug-likeness (QED) is 0.781. The molecule has 0 saturated heterocycles. The summed E-state index contributed by atoms with van der Waals surface area (Å²) >= 11 is 0. The summed E-state index contributed by atoms with van der Waals surface area (Å²) in [5, 5.41) is 12.4. The molecule has 0 fully saturated rings. The number of carbonyl (C=O) groups excluding carboxylic acids is 1. The number of fused-ring (bicyclic) bond motifs is 2. The van der Waals surface area contributed by atoms with Crippen LogP contribution in [-0.4, -0.2) is 31.7 Å². The van der Waals surface area contributed by atoms with Crippen molar-refractivity contribution in [2.75, 3.05) is 0 Å². The Morgan fingerprint density at radius 3 is 2.88 bits per heavy atom. The van der Waals surface area contributed by atoms with Gasteiger partial charge in [0.1, 0.15) is 11.6 Å². The smallest absolute Gasteiger partial charge is 0.253 e. The Bertz CT molecular complexity index is 975. The largest absolute Gasteiger partial charge is 0.347 e. The highest BCUT2D eigenvalue weighted by Crippen LogP contribution is 2.19. The molecule has 0 spiro atoms. The van der Waals surface area contributed by atoms with E-state index in [-0.39, 0.29) is 11.9 Å². The van der Waals surface area contributed by atoms with Crippen LogP contribution in [0.3, 0.4) is 0 Å². The Morgan fingerprint density at radius 1 is 1.20 bits per heavy atom. The summed E-state index contributed by atoms with van der Waals surface area (Å²) in [6, 6.07) is 8.12. The first kappa shape index (κ1) is 15.7. The molecule has 1 N–H and O–H groups in total. The molecule has 1 aromatic carbocycles. The zero-order valence-electron chi connectivity index (χ0n) is 14.7. The van der Waals surface area contributed by atoms with Crippen LogP contribution >= 0.6 is 0 Å². The second kappa shape index (κ2) is 5.95. The summed E-state index contributed by atoms with van der Waals surface area (Å²) in [6.07, 6.45) is 1.71. The van der Waals surface area contributed by atoms with Gasteiger partial charge in [0.15, 0.2) is 0 Å². The molecule has 1 aliphatic rings. The lowest BCUT2D eigenvalue weighted by Crippen LogP contribution is -2.41. The molecule has 3 aromatic rings. The maximum Gasteiger partial charge on any atom is 0.253 e. The number of nitrogens with zero attached hydrogens (tertiary/aromatic N) is 4. The van der Waals surface area contributed by atoms with E-state index in [0.717, 1.165) is 53.2 Å². The third kappa shape index (κ3) is 2.88. The third-order valence-corrected chi connectivity index (χ3v) is 4.87. The number of hydrogen-bond donors (Lipinski definition) is 1. The molecule has 0 unspecified atom stereocenters. The van der Waals surface area contributed by atoms with E-state index >= 15 is 0 Å². The number of benzene rings is 1. The molecule has 6 heteroatoms. The monoisotopic (exact) mass is 335 g/mol. The minimum absolute atomic E-state index is 0.0624. The van der Waals surface area contributed by atoms with Gasteiger partial charge in [-0.1, -0.05) is 11.6 Å². The highest BCUT2D eigenvalue weighted by molar-refractivity contribution is 5.98. The maximum absolute atomic E-state index is 12.8. The lowest BCUT2D eigenvalue weighted by Gasteiger charge is -2.25. The van der Waals surface area contributed by atoms with Crippen LogP contribution in [0.5, 0.6) is 0 Å². The van der Waals surface area contributed by atoms with Gasteiger partial charge >= 0.3 is 0 Å². The van der Waals surface area contributed by atoms with Crippen molar-refractivity contribution in [2.45, 2.75) is 46.2 Å². The first-order valence-electron chi connectivity index (χ1n) is 8.59. The van der Waals surface area contributed by atoms with Crippen molar-refractivity contribution in [3.05, 3.63) is 52.7 Å². The normalized spacial score (nSPS) is 16.7. The Morgan fingerprint density at radius 2 is 2.04 bits per heavy atom. The van der Waals surface area contributed by atoms with Gasteiger partial charge in [0.25, 0.3) is 5.91 Å². The van der Waals surface area contributed by atoms with Gasteiger partial charge in [-0.3, -0.25) is 9.78 Å². The van der Waals surface area contributed by atoms with E-state index in [0.29, 0.717) is 5.56 Å². The van der Waals surface area contributed by atoms with Crippen LogP contribution in [0.15, 0.2) is 24.3 Å². The summed E-state index contributed by atoms with van der Waals surface area (Å²) in [5.74, 6) is 1.84. The predicted octanol–water partition coefficient (Wildman–Crippen LogP) is 2.50. The average Bonchev–Trinajstić information content (AvgIpc) is 2.95. The Hall–Kier alpha value is -2.76. The van der Waals surface area contributed by atoms with Crippen molar-refractivity contribution < 1.29 is 4.79 Å². The highest BCUT2D eigenvalue weighted by atomic mass is 16.1. The molecule has 128 valence electrons. The molecule has 6 nitrogen and oxygen atoms in total. The van der Waals surface area contributed by atoms with Crippen molar-refractivity contribution in [1.82, 2.24) is 25.1 Å². The summed E-state index contributed by atoms with van der Waals surface area (Å²) < 4.78 is 2.09. The first-order chi connectivity index (χ1) is 12.0. The van der Waals surface area contributed by atoms with Gasteiger partial charge in [-0.2, -0.15) is 0 Å². The zero-order valence-corrected chi connectivity index (χ0v) is 14.7. The van der Waals surface area contributed by atoms with E-state index in [1.165, 1.54) is 0 Å². The molecule has 25 heavy (non-hydrogen) atoms.